The fourth-order valence-electron chi connectivity index (χ4n) is 2.96. The van der Waals surface area contributed by atoms with Gasteiger partial charge < -0.3 is 21.5 Å². The lowest BCUT2D eigenvalue weighted by atomic mass is 10.1. The smallest absolute Gasteiger partial charge is 0.300 e. The molecular weight excluding hydrogens is 378 g/mol. The molecule has 0 heterocycles. The highest BCUT2D eigenvalue weighted by Gasteiger charge is 1.99. The normalized spacial score (nSPS) is 10.6. The van der Waals surface area contributed by atoms with E-state index in [9.17, 15) is 4.79 Å². The zero-order chi connectivity index (χ0) is 22.7. The molecule has 0 atom stereocenters. The summed E-state index contributed by atoms with van der Waals surface area (Å²) in [6.45, 7) is 6.30. The number of hydrogen-bond acceptors (Lipinski definition) is 4. The average Bonchev–Trinajstić information content (AvgIpc) is 2.70. The number of amides is 1. The number of rotatable bonds is 20. The largest absolute Gasteiger partial charge is 0.481 e. The number of nitrogens with two attached hydrogens (primary N) is 1. The van der Waals surface area contributed by atoms with Crippen LogP contribution < -0.4 is 16.4 Å². The number of carbonyl (C=O) groups excluding carboxylic acids is 1. The van der Waals surface area contributed by atoms with E-state index in [2.05, 4.69) is 29.7 Å². The molecule has 6 heteroatoms. The van der Waals surface area contributed by atoms with E-state index in [-0.39, 0.29) is 5.91 Å². The molecule has 6 nitrogen and oxygen atoms in total. The number of carbonyl (C=O) groups is 2. The highest BCUT2D eigenvalue weighted by molar-refractivity contribution is 5.75. The SMILES string of the molecule is CC(=O)O.CCCCCCCC/C=C/CCCCCCCC(=O)NCCNCCN. The topological polar surface area (TPSA) is 104 Å². The lowest BCUT2D eigenvalue weighted by molar-refractivity contribution is -0.134. The first-order valence-corrected chi connectivity index (χ1v) is 12.1. The molecule has 0 rings (SSSR count). The Balaban J connectivity index is 0. The van der Waals surface area contributed by atoms with Crippen molar-refractivity contribution in [2.45, 2.75) is 104 Å². The molecule has 0 bridgehead atoms. The maximum absolute atomic E-state index is 11.6. The van der Waals surface area contributed by atoms with E-state index in [4.69, 9.17) is 15.6 Å². The molecule has 1 amide bonds. The number of carboxylic acid groups (broad SMARTS) is 1. The van der Waals surface area contributed by atoms with Crippen LogP contribution in [0.1, 0.15) is 104 Å². The summed E-state index contributed by atoms with van der Waals surface area (Å²) in [6.07, 6.45) is 22.1. The van der Waals surface area contributed by atoms with Gasteiger partial charge >= 0.3 is 0 Å². The summed E-state index contributed by atoms with van der Waals surface area (Å²) in [5.74, 6) is -0.655. The first-order chi connectivity index (χ1) is 14.5. The second kappa shape index (κ2) is 27.6. The Morgan fingerprint density at radius 1 is 0.800 bits per heavy atom. The van der Waals surface area contributed by atoms with Gasteiger partial charge in [0.1, 0.15) is 0 Å². The van der Waals surface area contributed by atoms with E-state index >= 15 is 0 Å². The summed E-state index contributed by atoms with van der Waals surface area (Å²) >= 11 is 0. The van der Waals surface area contributed by atoms with Crippen molar-refractivity contribution in [3.05, 3.63) is 12.2 Å². The Kier molecular flexibility index (Phi) is 28.3. The first-order valence-electron chi connectivity index (χ1n) is 12.1. The molecule has 0 saturated heterocycles. The number of nitrogens with one attached hydrogen (secondary N) is 2. The van der Waals surface area contributed by atoms with Crippen molar-refractivity contribution in [1.29, 1.82) is 0 Å². The number of aliphatic carboxylic acids is 1. The van der Waals surface area contributed by atoms with E-state index in [0.717, 1.165) is 26.4 Å². The van der Waals surface area contributed by atoms with E-state index < -0.39 is 5.97 Å². The zero-order valence-electron chi connectivity index (χ0n) is 19.7. The van der Waals surface area contributed by atoms with Crippen LogP contribution in [0, 0.1) is 0 Å². The molecule has 0 fully saturated rings. The Morgan fingerprint density at radius 3 is 1.83 bits per heavy atom. The van der Waals surface area contributed by atoms with Crippen molar-refractivity contribution in [3.63, 3.8) is 0 Å². The van der Waals surface area contributed by atoms with Crippen LogP contribution in [0.25, 0.3) is 0 Å². The summed E-state index contributed by atoms with van der Waals surface area (Å²) in [7, 11) is 0. The quantitative estimate of drug-likeness (QED) is 0.165. The lowest BCUT2D eigenvalue weighted by Crippen LogP contribution is -2.33. The predicted molar refractivity (Wildman–Crippen MR) is 128 cm³/mol. The van der Waals surface area contributed by atoms with E-state index in [1.54, 1.807) is 0 Å². The van der Waals surface area contributed by atoms with Gasteiger partial charge in [0.25, 0.3) is 5.97 Å². The van der Waals surface area contributed by atoms with Crippen LogP contribution in [0.2, 0.25) is 0 Å². The molecule has 0 saturated carbocycles. The summed E-state index contributed by atoms with van der Waals surface area (Å²) in [4.78, 5) is 20.6. The molecular formula is C24H49N3O3. The van der Waals surface area contributed by atoms with Crippen LogP contribution in [-0.4, -0.2) is 43.2 Å². The van der Waals surface area contributed by atoms with Crippen LogP contribution in [0.4, 0.5) is 0 Å². The van der Waals surface area contributed by atoms with Gasteiger partial charge in [-0.2, -0.15) is 0 Å². The maximum atomic E-state index is 11.6. The van der Waals surface area contributed by atoms with Gasteiger partial charge in [-0.05, 0) is 32.1 Å². The van der Waals surface area contributed by atoms with E-state index in [0.29, 0.717) is 19.5 Å². The molecule has 0 unspecified atom stereocenters. The van der Waals surface area contributed by atoms with Crippen molar-refractivity contribution in [2.24, 2.45) is 5.73 Å². The van der Waals surface area contributed by atoms with Crippen molar-refractivity contribution in [3.8, 4) is 0 Å². The first kappa shape index (κ1) is 30.8. The van der Waals surface area contributed by atoms with Crippen LogP contribution in [0.5, 0.6) is 0 Å². The molecule has 0 spiro atoms. The van der Waals surface area contributed by atoms with Crippen molar-refractivity contribution >= 4 is 11.9 Å². The Morgan fingerprint density at radius 2 is 1.30 bits per heavy atom. The molecule has 0 aliphatic carbocycles. The molecule has 5 N–H and O–H groups in total. The monoisotopic (exact) mass is 427 g/mol. The third kappa shape index (κ3) is 34.1. The molecule has 0 radical (unpaired) electrons. The van der Waals surface area contributed by atoms with Gasteiger partial charge in [0.2, 0.25) is 5.91 Å². The minimum absolute atomic E-state index is 0.178. The summed E-state index contributed by atoms with van der Waals surface area (Å²) in [5, 5.41) is 13.5. The molecule has 0 aliphatic heterocycles. The summed E-state index contributed by atoms with van der Waals surface area (Å²) in [5.41, 5.74) is 5.39. The molecule has 0 aliphatic rings. The molecule has 30 heavy (non-hydrogen) atoms. The van der Waals surface area contributed by atoms with Crippen molar-refractivity contribution in [1.82, 2.24) is 10.6 Å². The number of hydrogen-bond donors (Lipinski definition) is 4. The van der Waals surface area contributed by atoms with Crippen molar-refractivity contribution in [2.75, 3.05) is 26.2 Å². The average molecular weight is 428 g/mol. The van der Waals surface area contributed by atoms with Crippen LogP contribution >= 0.6 is 0 Å². The van der Waals surface area contributed by atoms with Gasteiger partial charge in [0.15, 0.2) is 0 Å². The second-order valence-corrected chi connectivity index (χ2v) is 7.74. The fraction of sp³-hybridized carbons (Fsp3) is 0.833. The van der Waals surface area contributed by atoms with Gasteiger partial charge in [-0.15, -0.1) is 0 Å². The standard InChI is InChI=1S/C22H45N3O.C2H4O2/c1-2-3-4-5-6-7-8-9-10-11-12-13-14-15-16-17-22(26)25-21-20-24-19-18-23;1-2(3)4/h9-10,24H,2-8,11-21,23H2,1H3,(H,25,26);1H3,(H,3,4)/b10-9+;. The van der Waals surface area contributed by atoms with Gasteiger partial charge in [-0.25, -0.2) is 0 Å². The van der Waals surface area contributed by atoms with Crippen LogP contribution in [-0.2, 0) is 9.59 Å². The zero-order valence-corrected chi connectivity index (χ0v) is 19.7. The minimum Gasteiger partial charge on any atom is -0.481 e. The number of unbranched alkanes of at least 4 members (excludes halogenated alkanes) is 11. The van der Waals surface area contributed by atoms with Crippen molar-refractivity contribution < 1.29 is 14.7 Å². The highest BCUT2D eigenvalue weighted by Crippen LogP contribution is 2.09. The van der Waals surface area contributed by atoms with Gasteiger partial charge in [-0.3, -0.25) is 9.59 Å². The van der Waals surface area contributed by atoms with Crippen LogP contribution in [0.3, 0.4) is 0 Å². The third-order valence-corrected chi connectivity index (χ3v) is 4.61. The Bertz CT molecular complexity index is 397. The summed E-state index contributed by atoms with van der Waals surface area (Å²) < 4.78 is 0. The molecule has 0 aromatic rings. The van der Waals surface area contributed by atoms with E-state index in [1.165, 1.54) is 77.0 Å². The fourth-order valence-corrected chi connectivity index (χ4v) is 2.96. The Labute approximate surface area is 185 Å². The van der Waals surface area contributed by atoms with Crippen LogP contribution in [0.15, 0.2) is 12.2 Å². The minimum atomic E-state index is -0.833. The molecule has 0 aromatic heterocycles. The number of carboxylic acids is 1. The Hall–Kier alpha value is -1.40. The second-order valence-electron chi connectivity index (χ2n) is 7.74. The van der Waals surface area contributed by atoms with Gasteiger partial charge in [0.05, 0.1) is 0 Å². The predicted octanol–water partition coefficient (Wildman–Crippen LogP) is 4.78. The lowest BCUT2D eigenvalue weighted by Gasteiger charge is -2.06. The number of allylic oxidation sites excluding steroid dienone is 2. The summed E-state index contributed by atoms with van der Waals surface area (Å²) in [6, 6.07) is 0. The maximum Gasteiger partial charge on any atom is 0.300 e. The van der Waals surface area contributed by atoms with Gasteiger partial charge in [-0.1, -0.05) is 70.4 Å². The molecule has 178 valence electrons. The van der Waals surface area contributed by atoms with Gasteiger partial charge in [0, 0.05) is 39.5 Å². The molecule has 0 aromatic carbocycles. The third-order valence-electron chi connectivity index (χ3n) is 4.61. The van der Waals surface area contributed by atoms with E-state index in [1.807, 2.05) is 0 Å². The highest BCUT2D eigenvalue weighted by atomic mass is 16.4.